The van der Waals surface area contributed by atoms with Crippen LogP contribution >= 0.6 is 0 Å². The summed E-state index contributed by atoms with van der Waals surface area (Å²) in [5.41, 5.74) is 0.427. The second-order valence-corrected chi connectivity index (χ2v) is 6.67. The van der Waals surface area contributed by atoms with Crippen molar-refractivity contribution in [3.63, 3.8) is 0 Å². The van der Waals surface area contributed by atoms with Crippen LogP contribution in [0.2, 0.25) is 0 Å². The van der Waals surface area contributed by atoms with Gasteiger partial charge in [-0.3, -0.25) is 4.89 Å². The largest absolute Gasteiger partial charge is 0.497 e. The first-order valence-corrected chi connectivity index (χ1v) is 10.0. The number of rotatable bonds is 16. The molecule has 0 unspecified atom stereocenters. The zero-order chi connectivity index (χ0) is 18.9. The molecule has 0 aromatic heterocycles. The van der Waals surface area contributed by atoms with Crippen molar-refractivity contribution in [2.24, 2.45) is 0 Å². The monoisotopic (exact) mass is 363 g/mol. The zero-order valence-electron chi connectivity index (χ0n) is 16.3. The Bertz CT molecular complexity index is 473. The van der Waals surface area contributed by atoms with Gasteiger partial charge in [-0.05, 0) is 24.6 Å². The third kappa shape index (κ3) is 11.1. The predicted octanol–water partition coefficient (Wildman–Crippen LogP) is 6.30. The first-order valence-electron chi connectivity index (χ1n) is 10.0. The van der Waals surface area contributed by atoms with Crippen molar-refractivity contribution in [1.82, 2.24) is 0 Å². The average Bonchev–Trinajstić information content (AvgIpc) is 2.68. The number of hydrogen-bond acceptors (Lipinski definition) is 4. The molecule has 0 saturated heterocycles. The molecule has 1 aromatic rings. The van der Waals surface area contributed by atoms with E-state index in [0.717, 1.165) is 19.3 Å². The van der Waals surface area contributed by atoms with Gasteiger partial charge in [0, 0.05) is 0 Å². The van der Waals surface area contributed by atoms with Gasteiger partial charge in [0.25, 0.3) is 0 Å². The van der Waals surface area contributed by atoms with E-state index in [9.17, 15) is 4.79 Å². The molecule has 1 rings (SSSR count). The quantitative estimate of drug-likeness (QED) is 0.196. The summed E-state index contributed by atoms with van der Waals surface area (Å²) in [6, 6.07) is 6.84. The van der Waals surface area contributed by atoms with E-state index in [0.29, 0.717) is 17.9 Å². The third-order valence-corrected chi connectivity index (χ3v) is 4.42. The lowest BCUT2D eigenvalue weighted by Gasteiger charge is -2.05. The van der Waals surface area contributed by atoms with Gasteiger partial charge >= 0.3 is 5.97 Å². The van der Waals surface area contributed by atoms with Gasteiger partial charge < -0.3 is 4.74 Å². The minimum atomic E-state index is -0.487. The predicted molar refractivity (Wildman–Crippen MR) is 105 cm³/mol. The number of carbonyl (C=O) groups excluding carboxylic acids is 1. The molecule has 0 fully saturated rings. The summed E-state index contributed by atoms with van der Waals surface area (Å²) in [6.45, 7) is 4.32. The van der Waals surface area contributed by atoms with Crippen molar-refractivity contribution in [2.75, 3.05) is 13.7 Å². The lowest BCUT2D eigenvalue weighted by molar-refractivity contribution is -0.241. The number of hydrogen-bond donors (Lipinski definition) is 0. The summed E-state index contributed by atoms with van der Waals surface area (Å²) >= 11 is 0. The van der Waals surface area contributed by atoms with E-state index in [-0.39, 0.29) is 0 Å². The highest BCUT2D eigenvalue weighted by molar-refractivity contribution is 5.89. The molecule has 0 aliphatic carbocycles. The SMILES string of the molecule is [CH2]CCCCCCCCCCCCCOOC(=O)c1cccc(OC)c1. The summed E-state index contributed by atoms with van der Waals surface area (Å²) < 4.78 is 5.08. The minimum Gasteiger partial charge on any atom is -0.497 e. The fourth-order valence-corrected chi connectivity index (χ4v) is 2.82. The summed E-state index contributed by atoms with van der Waals surface area (Å²) in [7, 11) is 1.56. The van der Waals surface area contributed by atoms with Crippen molar-refractivity contribution in [1.29, 1.82) is 0 Å². The van der Waals surface area contributed by atoms with Crippen LogP contribution in [0, 0.1) is 6.92 Å². The van der Waals surface area contributed by atoms with E-state index in [2.05, 4.69) is 6.92 Å². The summed E-state index contributed by atoms with van der Waals surface area (Å²) in [5, 5.41) is 0. The highest BCUT2D eigenvalue weighted by atomic mass is 17.2. The normalized spacial score (nSPS) is 10.7. The molecule has 26 heavy (non-hydrogen) atoms. The molecule has 0 spiro atoms. The van der Waals surface area contributed by atoms with Crippen molar-refractivity contribution in [3.8, 4) is 5.75 Å². The van der Waals surface area contributed by atoms with Crippen LogP contribution in [-0.2, 0) is 9.78 Å². The lowest BCUT2D eigenvalue weighted by atomic mass is 10.1. The van der Waals surface area contributed by atoms with Crippen LogP contribution in [0.5, 0.6) is 5.75 Å². The third-order valence-electron chi connectivity index (χ3n) is 4.42. The van der Waals surface area contributed by atoms with Crippen LogP contribution in [-0.4, -0.2) is 19.7 Å². The Morgan fingerprint density at radius 3 is 2.04 bits per heavy atom. The smallest absolute Gasteiger partial charge is 0.373 e. The van der Waals surface area contributed by atoms with E-state index in [1.54, 1.807) is 31.4 Å². The van der Waals surface area contributed by atoms with E-state index in [1.165, 1.54) is 57.8 Å². The van der Waals surface area contributed by atoms with Gasteiger partial charge in [-0.15, -0.1) is 0 Å². The summed E-state index contributed by atoms with van der Waals surface area (Å²) in [4.78, 5) is 21.7. The van der Waals surface area contributed by atoms with E-state index >= 15 is 0 Å². The number of carbonyl (C=O) groups is 1. The van der Waals surface area contributed by atoms with E-state index in [4.69, 9.17) is 14.5 Å². The van der Waals surface area contributed by atoms with Crippen LogP contribution in [0.4, 0.5) is 0 Å². The first-order chi connectivity index (χ1) is 12.8. The summed E-state index contributed by atoms with van der Waals surface area (Å²) in [5.74, 6) is 0.136. The number of unbranched alkanes of at least 4 members (excludes halogenated alkanes) is 11. The maximum Gasteiger partial charge on any atom is 0.373 e. The van der Waals surface area contributed by atoms with Crippen LogP contribution in [0.15, 0.2) is 24.3 Å². The summed E-state index contributed by atoms with van der Waals surface area (Å²) in [6.07, 6.45) is 15.0. The lowest BCUT2D eigenvalue weighted by Crippen LogP contribution is -2.07. The molecule has 0 bridgehead atoms. The Hall–Kier alpha value is -1.55. The van der Waals surface area contributed by atoms with Crippen LogP contribution in [0.3, 0.4) is 0 Å². The fraction of sp³-hybridized carbons (Fsp3) is 0.636. The molecule has 0 N–H and O–H groups in total. The average molecular weight is 364 g/mol. The standard InChI is InChI=1S/C22H35O4/c1-3-4-5-6-7-8-9-10-11-12-13-14-18-25-26-22(23)20-16-15-17-21(19-20)24-2/h15-17,19H,1,3-14,18H2,2H3. The molecule has 0 heterocycles. The van der Waals surface area contributed by atoms with Gasteiger partial charge in [-0.1, -0.05) is 83.6 Å². The van der Waals surface area contributed by atoms with Crippen molar-refractivity contribution < 1.29 is 19.3 Å². The Kier molecular flexibility index (Phi) is 13.6. The van der Waals surface area contributed by atoms with Crippen molar-refractivity contribution >= 4 is 5.97 Å². The number of ether oxygens (including phenoxy) is 1. The van der Waals surface area contributed by atoms with Gasteiger partial charge in [-0.2, -0.15) is 4.89 Å². The maximum atomic E-state index is 11.8. The van der Waals surface area contributed by atoms with Gasteiger partial charge in [0.05, 0.1) is 19.3 Å². The molecular formula is C22H35O4. The maximum absolute atomic E-state index is 11.8. The first kappa shape index (κ1) is 22.5. The molecule has 0 aliphatic heterocycles. The van der Waals surface area contributed by atoms with Gasteiger partial charge in [0.2, 0.25) is 0 Å². The molecule has 1 radical (unpaired) electrons. The second kappa shape index (κ2) is 15.7. The number of methoxy groups -OCH3 is 1. The van der Waals surface area contributed by atoms with Gasteiger partial charge in [0.1, 0.15) is 5.75 Å². The molecular weight excluding hydrogens is 328 g/mol. The minimum absolute atomic E-state index is 0.427. The second-order valence-electron chi connectivity index (χ2n) is 6.67. The zero-order valence-corrected chi connectivity index (χ0v) is 16.3. The molecule has 4 heteroatoms. The van der Waals surface area contributed by atoms with Crippen molar-refractivity contribution in [3.05, 3.63) is 36.8 Å². The Labute approximate surface area is 159 Å². The molecule has 147 valence electrons. The van der Waals surface area contributed by atoms with Crippen LogP contribution in [0.25, 0.3) is 0 Å². The van der Waals surface area contributed by atoms with E-state index < -0.39 is 5.97 Å². The Morgan fingerprint density at radius 2 is 1.46 bits per heavy atom. The molecule has 4 nitrogen and oxygen atoms in total. The van der Waals surface area contributed by atoms with Crippen molar-refractivity contribution in [2.45, 2.75) is 77.0 Å². The van der Waals surface area contributed by atoms with Gasteiger partial charge in [-0.25, -0.2) is 4.79 Å². The Balaban J connectivity index is 1.89. The highest BCUT2D eigenvalue weighted by Crippen LogP contribution is 2.14. The molecule has 1 aromatic carbocycles. The molecule has 0 saturated carbocycles. The highest BCUT2D eigenvalue weighted by Gasteiger charge is 2.09. The van der Waals surface area contributed by atoms with Crippen LogP contribution in [0.1, 0.15) is 87.4 Å². The molecule has 0 amide bonds. The molecule has 0 aliphatic rings. The van der Waals surface area contributed by atoms with Crippen LogP contribution < -0.4 is 4.74 Å². The van der Waals surface area contributed by atoms with E-state index in [1.807, 2.05) is 0 Å². The fourth-order valence-electron chi connectivity index (χ4n) is 2.82. The molecule has 0 atom stereocenters. The topological polar surface area (TPSA) is 44.8 Å². The number of benzene rings is 1. The Morgan fingerprint density at radius 1 is 0.885 bits per heavy atom. The van der Waals surface area contributed by atoms with Gasteiger partial charge in [0.15, 0.2) is 0 Å².